The van der Waals surface area contributed by atoms with Crippen LogP contribution in [0.5, 0.6) is 0 Å². The third kappa shape index (κ3) is 2.91. The molecular weight excluding hydrogens is 366 g/mol. The molecule has 4 aliphatic rings. The number of piperidine rings is 1. The average molecular weight is 402 g/mol. The SMILES string of the molecule is O[C@@H](C1CCCCC1)C1CCN(CC23CC(c4ccccc42)c2ccccc23)CC1. The van der Waals surface area contributed by atoms with Gasteiger partial charge in [0.05, 0.1) is 6.10 Å². The van der Waals surface area contributed by atoms with Crippen molar-refractivity contribution >= 4 is 0 Å². The van der Waals surface area contributed by atoms with Gasteiger partial charge in [0.25, 0.3) is 0 Å². The Morgan fingerprint density at radius 2 is 1.37 bits per heavy atom. The monoisotopic (exact) mass is 401 g/mol. The van der Waals surface area contributed by atoms with E-state index >= 15 is 0 Å². The lowest BCUT2D eigenvalue weighted by Crippen LogP contribution is -2.46. The molecule has 0 unspecified atom stereocenters. The highest BCUT2D eigenvalue weighted by Crippen LogP contribution is 2.60. The van der Waals surface area contributed by atoms with Gasteiger partial charge in [0, 0.05) is 17.9 Å². The van der Waals surface area contributed by atoms with Crippen LogP contribution in [0.15, 0.2) is 48.5 Å². The molecule has 1 N–H and O–H groups in total. The van der Waals surface area contributed by atoms with E-state index < -0.39 is 0 Å². The lowest BCUT2D eigenvalue weighted by Gasteiger charge is -2.42. The van der Waals surface area contributed by atoms with E-state index in [-0.39, 0.29) is 11.5 Å². The number of fused-ring (bicyclic) bond motifs is 8. The summed E-state index contributed by atoms with van der Waals surface area (Å²) in [5, 5.41) is 11.0. The Labute approximate surface area is 181 Å². The minimum atomic E-state index is -0.0607. The highest BCUT2D eigenvalue weighted by Gasteiger charge is 2.53. The molecule has 0 aromatic heterocycles. The van der Waals surface area contributed by atoms with Crippen molar-refractivity contribution in [3.05, 3.63) is 70.8 Å². The minimum absolute atomic E-state index is 0.0607. The van der Waals surface area contributed by atoms with Gasteiger partial charge in [-0.05, 0) is 79.3 Å². The van der Waals surface area contributed by atoms with Crippen LogP contribution in [-0.2, 0) is 5.41 Å². The quantitative estimate of drug-likeness (QED) is 0.734. The number of rotatable bonds is 4. The Morgan fingerprint density at radius 3 is 2.00 bits per heavy atom. The van der Waals surface area contributed by atoms with Crippen LogP contribution in [0.4, 0.5) is 0 Å². The lowest BCUT2D eigenvalue weighted by molar-refractivity contribution is 0.00330. The molecule has 2 aromatic rings. The Balaban J connectivity index is 1.20. The number of nitrogens with zero attached hydrogens (tertiary/aromatic N) is 1. The number of likely N-dealkylation sites (tertiary alicyclic amines) is 1. The number of benzene rings is 2. The molecule has 2 nitrogen and oxygen atoms in total. The number of hydrogen-bond acceptors (Lipinski definition) is 2. The van der Waals surface area contributed by atoms with E-state index in [2.05, 4.69) is 53.4 Å². The number of hydrogen-bond donors (Lipinski definition) is 1. The van der Waals surface area contributed by atoms with Crippen LogP contribution >= 0.6 is 0 Å². The van der Waals surface area contributed by atoms with Crippen molar-refractivity contribution in [2.24, 2.45) is 11.8 Å². The summed E-state index contributed by atoms with van der Waals surface area (Å²) < 4.78 is 0. The average Bonchev–Trinajstić information content (AvgIpc) is 3.32. The second kappa shape index (κ2) is 7.50. The summed E-state index contributed by atoms with van der Waals surface area (Å²) in [7, 11) is 0. The largest absolute Gasteiger partial charge is 0.393 e. The van der Waals surface area contributed by atoms with E-state index in [1.807, 2.05) is 0 Å². The van der Waals surface area contributed by atoms with E-state index in [0.717, 1.165) is 19.6 Å². The molecule has 1 aliphatic heterocycles. The maximum Gasteiger partial charge on any atom is 0.0597 e. The van der Waals surface area contributed by atoms with Crippen molar-refractivity contribution in [2.75, 3.05) is 19.6 Å². The fourth-order valence-corrected chi connectivity index (χ4v) is 7.50. The molecule has 1 saturated carbocycles. The van der Waals surface area contributed by atoms with E-state index in [0.29, 0.717) is 17.8 Å². The molecule has 2 bridgehead atoms. The first-order valence-corrected chi connectivity index (χ1v) is 12.4. The lowest BCUT2D eigenvalue weighted by atomic mass is 9.74. The van der Waals surface area contributed by atoms with Crippen LogP contribution < -0.4 is 0 Å². The Kier molecular flexibility index (Phi) is 4.77. The smallest absolute Gasteiger partial charge is 0.0597 e. The normalized spacial score (nSPS) is 30.2. The number of aliphatic hydroxyl groups excluding tert-OH is 1. The van der Waals surface area contributed by atoms with Gasteiger partial charge in [-0.15, -0.1) is 0 Å². The van der Waals surface area contributed by atoms with Gasteiger partial charge in [0.15, 0.2) is 0 Å². The van der Waals surface area contributed by atoms with Crippen molar-refractivity contribution < 1.29 is 5.11 Å². The molecule has 2 fully saturated rings. The Hall–Kier alpha value is -1.64. The molecule has 1 heterocycles. The second-order valence-corrected chi connectivity index (χ2v) is 10.5. The van der Waals surface area contributed by atoms with Crippen molar-refractivity contribution in [3.8, 4) is 0 Å². The van der Waals surface area contributed by atoms with E-state index in [4.69, 9.17) is 0 Å². The van der Waals surface area contributed by atoms with Crippen molar-refractivity contribution in [1.82, 2.24) is 4.90 Å². The highest BCUT2D eigenvalue weighted by atomic mass is 16.3. The summed E-state index contributed by atoms with van der Waals surface area (Å²) in [6.07, 6.45) is 10.0. The van der Waals surface area contributed by atoms with Crippen LogP contribution in [0.1, 0.15) is 79.5 Å². The summed E-state index contributed by atoms with van der Waals surface area (Å²) >= 11 is 0. The van der Waals surface area contributed by atoms with E-state index in [1.165, 1.54) is 51.4 Å². The molecule has 1 saturated heterocycles. The van der Waals surface area contributed by atoms with Crippen LogP contribution in [-0.4, -0.2) is 35.7 Å². The van der Waals surface area contributed by atoms with Crippen LogP contribution in [0, 0.1) is 11.8 Å². The molecule has 2 aromatic carbocycles. The molecule has 2 heteroatoms. The molecule has 6 rings (SSSR count). The van der Waals surface area contributed by atoms with Gasteiger partial charge >= 0.3 is 0 Å². The van der Waals surface area contributed by atoms with Gasteiger partial charge < -0.3 is 10.0 Å². The first-order chi connectivity index (χ1) is 14.8. The molecule has 3 aliphatic carbocycles. The van der Waals surface area contributed by atoms with Gasteiger partial charge in [-0.3, -0.25) is 0 Å². The molecule has 158 valence electrons. The fourth-order valence-electron chi connectivity index (χ4n) is 7.50. The summed E-state index contributed by atoms with van der Waals surface area (Å²) in [4.78, 5) is 2.71. The topological polar surface area (TPSA) is 23.5 Å². The summed E-state index contributed by atoms with van der Waals surface area (Å²) in [5.41, 5.74) is 6.47. The van der Waals surface area contributed by atoms with Gasteiger partial charge in [-0.25, -0.2) is 0 Å². The summed E-state index contributed by atoms with van der Waals surface area (Å²) in [6, 6.07) is 18.4. The van der Waals surface area contributed by atoms with Crippen molar-refractivity contribution in [1.29, 1.82) is 0 Å². The predicted molar refractivity (Wildman–Crippen MR) is 122 cm³/mol. The molecule has 1 atom stereocenters. The maximum atomic E-state index is 11.0. The second-order valence-electron chi connectivity index (χ2n) is 10.5. The number of aliphatic hydroxyl groups is 1. The van der Waals surface area contributed by atoms with Crippen molar-refractivity contribution in [3.63, 3.8) is 0 Å². The highest BCUT2D eigenvalue weighted by molar-refractivity contribution is 5.62. The third-order valence-corrected chi connectivity index (χ3v) is 9.00. The Morgan fingerprint density at radius 1 is 0.800 bits per heavy atom. The molecule has 0 radical (unpaired) electrons. The maximum absolute atomic E-state index is 11.0. The van der Waals surface area contributed by atoms with Gasteiger partial charge in [0.1, 0.15) is 0 Å². The van der Waals surface area contributed by atoms with Gasteiger partial charge in [0.2, 0.25) is 0 Å². The molecule has 30 heavy (non-hydrogen) atoms. The summed E-state index contributed by atoms with van der Waals surface area (Å²) in [5.74, 6) is 1.67. The zero-order valence-electron chi connectivity index (χ0n) is 18.1. The fraction of sp³-hybridized carbons (Fsp3) is 0.571. The van der Waals surface area contributed by atoms with Gasteiger partial charge in [-0.1, -0.05) is 67.8 Å². The van der Waals surface area contributed by atoms with E-state index in [1.54, 1.807) is 22.3 Å². The molecular formula is C28H35NO. The van der Waals surface area contributed by atoms with Crippen LogP contribution in [0.3, 0.4) is 0 Å². The van der Waals surface area contributed by atoms with Gasteiger partial charge in [-0.2, -0.15) is 0 Å². The minimum Gasteiger partial charge on any atom is -0.393 e. The zero-order valence-corrected chi connectivity index (χ0v) is 18.1. The molecule has 0 spiro atoms. The molecule has 0 amide bonds. The summed E-state index contributed by atoms with van der Waals surface area (Å²) in [6.45, 7) is 3.43. The zero-order chi connectivity index (χ0) is 20.1. The van der Waals surface area contributed by atoms with Crippen LogP contribution in [0.2, 0.25) is 0 Å². The van der Waals surface area contributed by atoms with Crippen LogP contribution in [0.25, 0.3) is 0 Å². The first kappa shape index (κ1) is 19.1. The standard InChI is InChI=1S/C28H35NO/c30-27(20-8-2-1-3-9-20)21-14-16-29(17-15-21)19-28-18-24(22-10-4-6-12-25(22)28)23-11-5-7-13-26(23)28/h4-7,10-13,20-21,24,27,30H,1-3,8-9,14-19H2/t24?,27-,28?/m0/s1. The van der Waals surface area contributed by atoms with Crippen molar-refractivity contribution in [2.45, 2.75) is 68.8 Å². The first-order valence-electron chi connectivity index (χ1n) is 12.4. The third-order valence-electron chi connectivity index (χ3n) is 9.00. The van der Waals surface area contributed by atoms with E-state index in [9.17, 15) is 5.11 Å². The Bertz CT molecular complexity index is 859. The predicted octanol–water partition coefficient (Wildman–Crippen LogP) is 5.47.